The molecule has 52 valence electrons. The minimum absolute atomic E-state index is 0.210. The van der Waals surface area contributed by atoms with Crippen molar-refractivity contribution in [3.05, 3.63) is 0 Å². The molecule has 0 aromatic heterocycles. The molecule has 0 amide bonds. The van der Waals surface area contributed by atoms with Gasteiger partial charge in [-0.15, -0.1) is 0 Å². The van der Waals surface area contributed by atoms with E-state index >= 15 is 0 Å². The highest BCUT2D eigenvalue weighted by Gasteiger charge is 2.17. The summed E-state index contributed by atoms with van der Waals surface area (Å²) in [6.45, 7) is 0. The van der Waals surface area contributed by atoms with Gasteiger partial charge in [0.1, 0.15) is 0 Å². The van der Waals surface area contributed by atoms with Crippen LogP contribution >= 0.6 is 15.9 Å². The van der Waals surface area contributed by atoms with Gasteiger partial charge in [-0.05, 0) is 28.8 Å². The van der Waals surface area contributed by atoms with Gasteiger partial charge >= 0.3 is 0 Å². The smallest absolute Gasteiger partial charge is 0.200 e. The Morgan fingerprint density at radius 3 is 2.11 bits per heavy atom. The zero-order chi connectivity index (χ0) is 6.69. The molecule has 0 aromatic carbocycles. The third-order valence-corrected chi connectivity index (χ3v) is 2.57. The molecule has 0 atom stereocenters. The maximum Gasteiger partial charge on any atom is 0.200 e. The van der Waals surface area contributed by atoms with Crippen molar-refractivity contribution in [2.45, 2.75) is 32.1 Å². The number of carbonyl (C=O) groups is 1. The van der Waals surface area contributed by atoms with E-state index in [1.165, 1.54) is 19.3 Å². The molecule has 0 unspecified atom stereocenters. The first-order valence-corrected chi connectivity index (χ1v) is 4.29. The van der Waals surface area contributed by atoms with E-state index in [4.69, 9.17) is 0 Å². The van der Waals surface area contributed by atoms with Gasteiger partial charge in [-0.2, -0.15) is 0 Å². The van der Waals surface area contributed by atoms with E-state index in [-0.39, 0.29) is 4.69 Å². The van der Waals surface area contributed by atoms with Gasteiger partial charge in [0, 0.05) is 5.92 Å². The minimum Gasteiger partial charge on any atom is -0.286 e. The lowest BCUT2D eigenvalue weighted by molar-refractivity contribution is -0.114. The van der Waals surface area contributed by atoms with Crippen LogP contribution in [-0.2, 0) is 4.79 Å². The van der Waals surface area contributed by atoms with Crippen LogP contribution in [0.3, 0.4) is 0 Å². The average Bonchev–Trinajstić information content (AvgIpc) is 1.90. The van der Waals surface area contributed by atoms with Crippen molar-refractivity contribution in [1.82, 2.24) is 0 Å². The molecule has 0 aromatic rings. The Bertz CT molecular complexity index is 105. The molecular formula is C7H11BrO. The molecule has 0 heterocycles. The van der Waals surface area contributed by atoms with Gasteiger partial charge in [0.2, 0.25) is 4.69 Å². The molecule has 1 aliphatic carbocycles. The van der Waals surface area contributed by atoms with Gasteiger partial charge in [-0.1, -0.05) is 19.3 Å². The average molecular weight is 191 g/mol. The monoisotopic (exact) mass is 190 g/mol. The molecule has 0 bridgehead atoms. The number of rotatable bonds is 1. The van der Waals surface area contributed by atoms with Crippen LogP contribution in [0.4, 0.5) is 0 Å². The van der Waals surface area contributed by atoms with Crippen LogP contribution < -0.4 is 0 Å². The Kier molecular flexibility index (Phi) is 2.70. The zero-order valence-corrected chi connectivity index (χ0v) is 6.99. The highest BCUT2D eigenvalue weighted by molar-refractivity contribution is 9.18. The summed E-state index contributed by atoms with van der Waals surface area (Å²) in [5.74, 6) is 0.332. The first-order valence-electron chi connectivity index (χ1n) is 3.50. The SMILES string of the molecule is O=C(Br)C1CCCCC1. The van der Waals surface area contributed by atoms with Crippen molar-refractivity contribution >= 4 is 20.6 Å². The van der Waals surface area contributed by atoms with Crippen molar-refractivity contribution in [3.63, 3.8) is 0 Å². The standard InChI is InChI=1S/C7H11BrO/c8-7(9)6-4-2-1-3-5-6/h6H,1-5H2. The van der Waals surface area contributed by atoms with E-state index in [9.17, 15) is 4.79 Å². The molecule has 2 heteroatoms. The number of hydrogen-bond donors (Lipinski definition) is 0. The zero-order valence-electron chi connectivity index (χ0n) is 5.40. The van der Waals surface area contributed by atoms with Gasteiger partial charge in [0.25, 0.3) is 0 Å². The van der Waals surface area contributed by atoms with Crippen LogP contribution in [0.15, 0.2) is 0 Å². The van der Waals surface area contributed by atoms with Gasteiger partial charge in [0.05, 0.1) is 0 Å². The highest BCUT2D eigenvalue weighted by Crippen LogP contribution is 2.25. The number of halogens is 1. The second kappa shape index (κ2) is 3.35. The second-order valence-corrected chi connectivity index (χ2v) is 3.42. The number of carbonyl (C=O) groups excluding carboxylic acids is 1. The molecule has 0 radical (unpaired) electrons. The molecule has 9 heavy (non-hydrogen) atoms. The molecule has 0 N–H and O–H groups in total. The molecular weight excluding hydrogens is 180 g/mol. The van der Waals surface area contributed by atoms with Crippen molar-refractivity contribution in [2.75, 3.05) is 0 Å². The molecule has 0 saturated heterocycles. The lowest BCUT2D eigenvalue weighted by atomic mass is 9.91. The summed E-state index contributed by atoms with van der Waals surface area (Å²) >= 11 is 3.00. The lowest BCUT2D eigenvalue weighted by Gasteiger charge is -2.16. The third-order valence-electron chi connectivity index (χ3n) is 1.93. The van der Waals surface area contributed by atoms with Crippen LogP contribution in [0.5, 0.6) is 0 Å². The van der Waals surface area contributed by atoms with Gasteiger partial charge in [-0.3, -0.25) is 4.79 Å². The van der Waals surface area contributed by atoms with E-state index in [0.29, 0.717) is 5.92 Å². The fourth-order valence-corrected chi connectivity index (χ4v) is 1.79. The Balaban J connectivity index is 2.31. The largest absolute Gasteiger partial charge is 0.286 e. The van der Waals surface area contributed by atoms with E-state index in [0.717, 1.165) is 12.8 Å². The van der Waals surface area contributed by atoms with Crippen molar-refractivity contribution in [1.29, 1.82) is 0 Å². The second-order valence-electron chi connectivity index (χ2n) is 2.64. The van der Waals surface area contributed by atoms with E-state index < -0.39 is 0 Å². The van der Waals surface area contributed by atoms with Gasteiger partial charge in [-0.25, -0.2) is 0 Å². The molecule has 1 nitrogen and oxygen atoms in total. The Labute approximate surface area is 64.0 Å². The first-order chi connectivity index (χ1) is 4.30. The third kappa shape index (κ3) is 2.09. The predicted octanol–water partition coefficient (Wildman–Crippen LogP) is 2.49. The molecule has 1 fully saturated rings. The van der Waals surface area contributed by atoms with Crippen LogP contribution in [0.1, 0.15) is 32.1 Å². The van der Waals surface area contributed by atoms with E-state index in [1.54, 1.807) is 0 Å². The summed E-state index contributed by atoms with van der Waals surface area (Å²) in [7, 11) is 0. The van der Waals surface area contributed by atoms with Crippen LogP contribution in [0, 0.1) is 5.92 Å². The molecule has 1 saturated carbocycles. The molecule has 0 spiro atoms. The highest BCUT2D eigenvalue weighted by atomic mass is 79.9. The Morgan fingerprint density at radius 1 is 1.22 bits per heavy atom. The van der Waals surface area contributed by atoms with Crippen molar-refractivity contribution in [3.8, 4) is 0 Å². The first kappa shape index (κ1) is 7.26. The Hall–Kier alpha value is 0.150. The quantitative estimate of drug-likeness (QED) is 0.582. The van der Waals surface area contributed by atoms with Crippen LogP contribution in [0.25, 0.3) is 0 Å². The van der Waals surface area contributed by atoms with Gasteiger partial charge < -0.3 is 0 Å². The van der Waals surface area contributed by atoms with E-state index in [1.807, 2.05) is 0 Å². The van der Waals surface area contributed by atoms with Gasteiger partial charge in [0.15, 0.2) is 0 Å². The predicted molar refractivity (Wildman–Crippen MR) is 40.5 cm³/mol. The molecule has 0 aliphatic heterocycles. The summed E-state index contributed by atoms with van der Waals surface area (Å²) in [6, 6.07) is 0. The summed E-state index contributed by atoms with van der Waals surface area (Å²) in [6.07, 6.45) is 5.99. The normalized spacial score (nSPS) is 21.9. The fourth-order valence-electron chi connectivity index (χ4n) is 1.33. The van der Waals surface area contributed by atoms with Crippen molar-refractivity contribution in [2.24, 2.45) is 5.92 Å². The fraction of sp³-hybridized carbons (Fsp3) is 0.857. The minimum atomic E-state index is 0.210. The number of hydrogen-bond acceptors (Lipinski definition) is 1. The lowest BCUT2D eigenvalue weighted by Crippen LogP contribution is -2.11. The topological polar surface area (TPSA) is 17.1 Å². The van der Waals surface area contributed by atoms with Crippen LogP contribution in [0.2, 0.25) is 0 Å². The Morgan fingerprint density at radius 2 is 1.78 bits per heavy atom. The summed E-state index contributed by atoms with van der Waals surface area (Å²) in [5.41, 5.74) is 0. The van der Waals surface area contributed by atoms with Crippen LogP contribution in [-0.4, -0.2) is 4.69 Å². The molecule has 1 aliphatic rings. The van der Waals surface area contributed by atoms with Crippen molar-refractivity contribution < 1.29 is 4.79 Å². The maximum absolute atomic E-state index is 10.7. The molecule has 1 rings (SSSR count). The summed E-state index contributed by atoms with van der Waals surface area (Å²) in [4.78, 5) is 10.7. The van der Waals surface area contributed by atoms with E-state index in [2.05, 4.69) is 15.9 Å². The summed E-state index contributed by atoms with van der Waals surface area (Å²) < 4.78 is 0.210. The summed E-state index contributed by atoms with van der Waals surface area (Å²) in [5, 5.41) is 0. The maximum atomic E-state index is 10.7.